The summed E-state index contributed by atoms with van der Waals surface area (Å²) in [5, 5.41) is 0. The second-order valence-electron chi connectivity index (χ2n) is 4.33. The van der Waals surface area contributed by atoms with Crippen LogP contribution in [-0.4, -0.2) is 12.2 Å². The summed E-state index contributed by atoms with van der Waals surface area (Å²) in [5.41, 5.74) is -0.0908. The first-order chi connectivity index (χ1) is 6.49. The van der Waals surface area contributed by atoms with E-state index in [1.54, 1.807) is 0 Å². The van der Waals surface area contributed by atoms with Crippen LogP contribution in [-0.2, 0) is 4.74 Å². The van der Waals surface area contributed by atoms with Gasteiger partial charge in [0.15, 0.2) is 0 Å². The number of terminal acetylenes is 1. The Kier molecular flexibility index (Phi) is 6.09. The van der Waals surface area contributed by atoms with E-state index in [0.29, 0.717) is 12.5 Å². The molecule has 0 aliphatic heterocycles. The molecule has 14 heavy (non-hydrogen) atoms. The Morgan fingerprint density at radius 1 is 1.29 bits per heavy atom. The monoisotopic (exact) mass is 192 g/mol. The third kappa shape index (κ3) is 7.71. The molecule has 1 unspecified atom stereocenters. The fraction of sp³-hybridized carbons (Fsp3) is 0.692. The van der Waals surface area contributed by atoms with Crippen molar-refractivity contribution in [2.75, 3.05) is 6.61 Å². The minimum absolute atomic E-state index is 0.0908. The summed E-state index contributed by atoms with van der Waals surface area (Å²) in [7, 11) is 0. The van der Waals surface area contributed by atoms with Crippen molar-refractivity contribution in [1.29, 1.82) is 0 Å². The van der Waals surface area contributed by atoms with E-state index in [0.717, 1.165) is 12.8 Å². The van der Waals surface area contributed by atoms with Gasteiger partial charge >= 0.3 is 0 Å². The van der Waals surface area contributed by atoms with Gasteiger partial charge in [0.2, 0.25) is 0 Å². The molecule has 1 nitrogen and oxygen atoms in total. The molecule has 1 atom stereocenters. The van der Waals surface area contributed by atoms with Crippen LogP contribution in [0.3, 0.4) is 0 Å². The van der Waals surface area contributed by atoms with Crippen LogP contribution in [0, 0.1) is 30.1 Å². The van der Waals surface area contributed by atoms with Gasteiger partial charge in [-0.25, -0.2) is 0 Å². The Labute approximate surface area is 88.2 Å². The van der Waals surface area contributed by atoms with Crippen LogP contribution in [0.4, 0.5) is 0 Å². The lowest BCUT2D eigenvalue weighted by molar-refractivity contribution is -0.0207. The second-order valence-corrected chi connectivity index (χ2v) is 4.33. The summed E-state index contributed by atoms with van der Waals surface area (Å²) in [6, 6.07) is 0. The van der Waals surface area contributed by atoms with Gasteiger partial charge in [-0.2, -0.15) is 0 Å². The molecule has 0 aromatic heterocycles. The molecule has 0 rings (SSSR count). The summed E-state index contributed by atoms with van der Waals surface area (Å²) in [6.07, 6.45) is 6.86. The van der Waals surface area contributed by atoms with Crippen molar-refractivity contribution in [2.24, 2.45) is 5.92 Å². The number of rotatable bonds is 4. The summed E-state index contributed by atoms with van der Waals surface area (Å²) in [4.78, 5) is 0. The van der Waals surface area contributed by atoms with Gasteiger partial charge in [0.1, 0.15) is 0 Å². The maximum Gasteiger partial charge on any atom is 0.0598 e. The van der Waals surface area contributed by atoms with Crippen molar-refractivity contribution >= 4 is 0 Å². The van der Waals surface area contributed by atoms with Gasteiger partial charge in [-0.1, -0.05) is 0 Å². The lowest BCUT2D eigenvalue weighted by Crippen LogP contribution is -2.23. The van der Waals surface area contributed by atoms with E-state index < -0.39 is 0 Å². The van der Waals surface area contributed by atoms with Gasteiger partial charge < -0.3 is 4.74 Å². The molecule has 0 aromatic rings. The first kappa shape index (κ1) is 13.1. The van der Waals surface area contributed by atoms with Gasteiger partial charge in [0, 0.05) is 18.8 Å². The largest absolute Gasteiger partial charge is 0.376 e. The highest BCUT2D eigenvalue weighted by Crippen LogP contribution is 2.13. The highest BCUT2D eigenvalue weighted by molar-refractivity contribution is 4.99. The second kappa shape index (κ2) is 6.52. The summed E-state index contributed by atoms with van der Waals surface area (Å²) in [6.45, 7) is 8.68. The third-order valence-corrected chi connectivity index (χ3v) is 1.73. The molecule has 1 heteroatoms. The average Bonchev–Trinajstić information content (AvgIpc) is 2.08. The van der Waals surface area contributed by atoms with Crippen LogP contribution < -0.4 is 0 Å². The maximum atomic E-state index is 5.68. The Hall–Kier alpha value is -0.920. The van der Waals surface area contributed by atoms with Crippen molar-refractivity contribution in [1.82, 2.24) is 0 Å². The smallest absolute Gasteiger partial charge is 0.0598 e. The third-order valence-electron chi connectivity index (χ3n) is 1.73. The van der Waals surface area contributed by atoms with Crippen LogP contribution in [0.5, 0.6) is 0 Å². The van der Waals surface area contributed by atoms with Crippen LogP contribution in [0.2, 0.25) is 0 Å². The molecule has 0 saturated heterocycles. The lowest BCUT2D eigenvalue weighted by Gasteiger charge is -2.22. The molecule has 0 heterocycles. The quantitative estimate of drug-likeness (QED) is 0.622. The zero-order chi connectivity index (χ0) is 11.0. The minimum Gasteiger partial charge on any atom is -0.376 e. The molecule has 0 bridgehead atoms. The molecule has 0 spiro atoms. The molecule has 78 valence electrons. The highest BCUT2D eigenvalue weighted by atomic mass is 16.5. The first-order valence-corrected chi connectivity index (χ1v) is 4.96. The van der Waals surface area contributed by atoms with Gasteiger partial charge in [0.25, 0.3) is 0 Å². The van der Waals surface area contributed by atoms with E-state index in [1.807, 2.05) is 27.7 Å². The van der Waals surface area contributed by atoms with E-state index in [2.05, 4.69) is 17.8 Å². The van der Waals surface area contributed by atoms with Crippen molar-refractivity contribution in [3.63, 3.8) is 0 Å². The predicted molar refractivity (Wildman–Crippen MR) is 60.7 cm³/mol. The maximum absolute atomic E-state index is 5.68. The molecule has 0 aromatic carbocycles. The van der Waals surface area contributed by atoms with E-state index in [-0.39, 0.29) is 5.60 Å². The van der Waals surface area contributed by atoms with Crippen molar-refractivity contribution in [3.05, 3.63) is 0 Å². The SMILES string of the molecule is C#CCC(CC#CC)COC(C)(C)C. The summed E-state index contributed by atoms with van der Waals surface area (Å²) in [5.74, 6) is 8.96. The Morgan fingerprint density at radius 2 is 1.93 bits per heavy atom. The molecule has 0 saturated carbocycles. The van der Waals surface area contributed by atoms with Crippen LogP contribution >= 0.6 is 0 Å². The highest BCUT2D eigenvalue weighted by Gasteiger charge is 2.14. The molecule has 0 N–H and O–H groups in total. The molecule has 0 radical (unpaired) electrons. The summed E-state index contributed by atoms with van der Waals surface area (Å²) < 4.78 is 5.68. The fourth-order valence-corrected chi connectivity index (χ4v) is 0.971. The van der Waals surface area contributed by atoms with E-state index in [9.17, 15) is 0 Å². The standard InChI is InChI=1S/C13H20O/c1-6-8-10-12(9-7-2)11-14-13(3,4)5/h2,12H,9-11H2,1,3-5H3. The Bertz CT molecular complexity index is 241. The fourth-order valence-electron chi connectivity index (χ4n) is 0.971. The first-order valence-electron chi connectivity index (χ1n) is 4.96. The predicted octanol–water partition coefficient (Wildman–Crippen LogP) is 2.85. The average molecular weight is 192 g/mol. The Balaban J connectivity index is 3.96. The lowest BCUT2D eigenvalue weighted by atomic mass is 10.0. The van der Waals surface area contributed by atoms with E-state index in [4.69, 9.17) is 11.2 Å². The van der Waals surface area contributed by atoms with Crippen molar-refractivity contribution in [2.45, 2.75) is 46.1 Å². The Morgan fingerprint density at radius 3 is 2.36 bits per heavy atom. The van der Waals surface area contributed by atoms with Crippen LogP contribution in [0.1, 0.15) is 40.5 Å². The summed E-state index contributed by atoms with van der Waals surface area (Å²) >= 11 is 0. The molecule has 0 aliphatic carbocycles. The molecular weight excluding hydrogens is 172 g/mol. The molecule has 0 amide bonds. The molecular formula is C13H20O. The zero-order valence-corrected chi connectivity index (χ0v) is 9.68. The topological polar surface area (TPSA) is 9.23 Å². The zero-order valence-electron chi connectivity index (χ0n) is 9.68. The normalized spacial score (nSPS) is 12.5. The van der Waals surface area contributed by atoms with Crippen molar-refractivity contribution < 1.29 is 4.74 Å². The number of hydrogen-bond acceptors (Lipinski definition) is 1. The van der Waals surface area contributed by atoms with Gasteiger partial charge in [0.05, 0.1) is 12.2 Å². The van der Waals surface area contributed by atoms with Gasteiger partial charge in [-0.15, -0.1) is 24.2 Å². The number of ether oxygens (including phenoxy) is 1. The molecule has 0 fully saturated rings. The minimum atomic E-state index is -0.0908. The van der Waals surface area contributed by atoms with Gasteiger partial charge in [-0.05, 0) is 27.7 Å². The van der Waals surface area contributed by atoms with Crippen LogP contribution in [0.25, 0.3) is 0 Å². The van der Waals surface area contributed by atoms with Gasteiger partial charge in [-0.3, -0.25) is 0 Å². The van der Waals surface area contributed by atoms with E-state index in [1.165, 1.54) is 0 Å². The van der Waals surface area contributed by atoms with Crippen LogP contribution in [0.15, 0.2) is 0 Å². The number of hydrogen-bond donors (Lipinski definition) is 0. The molecule has 0 aliphatic rings. The van der Waals surface area contributed by atoms with Crippen molar-refractivity contribution in [3.8, 4) is 24.2 Å². The van der Waals surface area contributed by atoms with E-state index >= 15 is 0 Å².